The minimum atomic E-state index is -1.19. The molecule has 2 rings (SSSR count). The van der Waals surface area contributed by atoms with E-state index in [9.17, 15) is 14.7 Å². The van der Waals surface area contributed by atoms with E-state index in [0.717, 1.165) is 31.2 Å². The van der Waals surface area contributed by atoms with Crippen LogP contribution in [0.4, 0.5) is 0 Å². The van der Waals surface area contributed by atoms with Crippen molar-refractivity contribution < 1.29 is 20.0 Å². The molecule has 1 fully saturated rings. The molecule has 1 aliphatic carbocycles. The maximum atomic E-state index is 12.0. The highest BCUT2D eigenvalue weighted by molar-refractivity contribution is 5.82. The first-order valence-corrected chi connectivity index (χ1v) is 8.02. The molecule has 0 spiro atoms. The molecule has 0 heterocycles. The van der Waals surface area contributed by atoms with Crippen LogP contribution in [-0.2, 0) is 16.1 Å². The molecule has 1 aromatic carbocycles. The van der Waals surface area contributed by atoms with Crippen molar-refractivity contribution in [3.05, 3.63) is 35.9 Å². The summed E-state index contributed by atoms with van der Waals surface area (Å²) in [5.41, 5.74) is 1.03. The van der Waals surface area contributed by atoms with Crippen LogP contribution in [0.3, 0.4) is 0 Å². The van der Waals surface area contributed by atoms with Gasteiger partial charge in [-0.3, -0.25) is 4.79 Å². The maximum absolute atomic E-state index is 12.0. The Balaban J connectivity index is 1.80. The SMILES string of the molecule is O=C(CC([NH2+]Cc1ccccc1)C(=O)[O-])NC1CCCCC1. The Hall–Kier alpha value is -1.88. The fourth-order valence-electron chi connectivity index (χ4n) is 2.89. The Bertz CT molecular complexity index is 484. The lowest BCUT2D eigenvalue weighted by Crippen LogP contribution is -2.92. The first-order valence-electron chi connectivity index (χ1n) is 8.02. The highest BCUT2D eigenvalue weighted by Gasteiger charge is 2.21. The predicted octanol–water partition coefficient (Wildman–Crippen LogP) is -0.292. The monoisotopic (exact) mass is 304 g/mol. The summed E-state index contributed by atoms with van der Waals surface area (Å²) in [6.45, 7) is 0.524. The average molecular weight is 304 g/mol. The van der Waals surface area contributed by atoms with Crippen LogP contribution in [0.1, 0.15) is 44.1 Å². The van der Waals surface area contributed by atoms with Crippen molar-refractivity contribution in [2.24, 2.45) is 0 Å². The second-order valence-corrected chi connectivity index (χ2v) is 5.96. The van der Waals surface area contributed by atoms with Crippen molar-refractivity contribution in [1.82, 2.24) is 5.32 Å². The van der Waals surface area contributed by atoms with Gasteiger partial charge in [0.25, 0.3) is 0 Å². The number of nitrogens with two attached hydrogens (primary N) is 1. The molecule has 0 bridgehead atoms. The van der Waals surface area contributed by atoms with E-state index in [1.165, 1.54) is 6.42 Å². The number of aliphatic carboxylic acids is 1. The molecule has 3 N–H and O–H groups in total. The third-order valence-electron chi connectivity index (χ3n) is 4.16. The van der Waals surface area contributed by atoms with Crippen LogP contribution in [0.15, 0.2) is 30.3 Å². The summed E-state index contributed by atoms with van der Waals surface area (Å²) in [5, 5.41) is 15.8. The van der Waals surface area contributed by atoms with Gasteiger partial charge in [-0.05, 0) is 12.8 Å². The lowest BCUT2D eigenvalue weighted by atomic mass is 9.95. The number of carbonyl (C=O) groups is 2. The number of carboxylic acid groups (broad SMARTS) is 1. The third kappa shape index (κ3) is 5.48. The van der Waals surface area contributed by atoms with Crippen molar-refractivity contribution in [2.45, 2.75) is 57.2 Å². The van der Waals surface area contributed by atoms with Crippen molar-refractivity contribution in [1.29, 1.82) is 0 Å². The molecule has 120 valence electrons. The van der Waals surface area contributed by atoms with Crippen molar-refractivity contribution in [3.8, 4) is 0 Å². The summed E-state index contributed by atoms with van der Waals surface area (Å²) in [4.78, 5) is 23.2. The molecule has 0 aliphatic heterocycles. The molecule has 5 heteroatoms. The van der Waals surface area contributed by atoms with E-state index in [2.05, 4.69) is 5.32 Å². The molecule has 22 heavy (non-hydrogen) atoms. The number of benzene rings is 1. The number of nitrogens with one attached hydrogen (secondary N) is 1. The minimum absolute atomic E-state index is 0.0360. The standard InChI is InChI=1S/C17H24N2O3/c20-16(19-14-9-5-2-6-10-14)11-15(17(21)22)18-12-13-7-3-1-4-8-13/h1,3-4,7-8,14-15,18H,2,5-6,9-12H2,(H,19,20)(H,21,22). The van der Waals surface area contributed by atoms with Gasteiger partial charge in [-0.15, -0.1) is 0 Å². The Morgan fingerprint density at radius 3 is 2.50 bits per heavy atom. The van der Waals surface area contributed by atoms with E-state index >= 15 is 0 Å². The maximum Gasteiger partial charge on any atom is 0.226 e. The summed E-state index contributed by atoms with van der Waals surface area (Å²) in [6.07, 6.45) is 5.44. The number of rotatable bonds is 7. The second kappa shape index (κ2) is 8.54. The molecular weight excluding hydrogens is 280 g/mol. The van der Waals surface area contributed by atoms with Gasteiger partial charge in [-0.1, -0.05) is 49.6 Å². The lowest BCUT2D eigenvalue weighted by molar-refractivity contribution is -0.697. The quantitative estimate of drug-likeness (QED) is 0.726. The van der Waals surface area contributed by atoms with Crippen LogP contribution >= 0.6 is 0 Å². The molecule has 1 unspecified atom stereocenters. The van der Waals surface area contributed by atoms with Crippen LogP contribution in [0.2, 0.25) is 0 Å². The molecule has 5 nitrogen and oxygen atoms in total. The number of hydrogen-bond donors (Lipinski definition) is 2. The van der Waals surface area contributed by atoms with Crippen LogP contribution in [0.5, 0.6) is 0 Å². The van der Waals surface area contributed by atoms with E-state index in [1.54, 1.807) is 5.32 Å². The highest BCUT2D eigenvalue weighted by Crippen LogP contribution is 2.17. The number of carboxylic acids is 1. The minimum Gasteiger partial charge on any atom is -0.544 e. The molecule has 1 saturated carbocycles. The topological polar surface area (TPSA) is 85.8 Å². The molecule has 0 aromatic heterocycles. The Morgan fingerprint density at radius 1 is 1.18 bits per heavy atom. The summed E-state index contributed by atoms with van der Waals surface area (Å²) in [5.74, 6) is -1.37. The van der Waals surface area contributed by atoms with Crippen molar-refractivity contribution in [2.75, 3.05) is 0 Å². The zero-order chi connectivity index (χ0) is 15.8. The second-order valence-electron chi connectivity index (χ2n) is 5.96. The van der Waals surface area contributed by atoms with Gasteiger partial charge in [0.1, 0.15) is 12.6 Å². The van der Waals surface area contributed by atoms with E-state index in [0.29, 0.717) is 6.54 Å². The molecule has 0 saturated heterocycles. The molecular formula is C17H24N2O3. The fraction of sp³-hybridized carbons (Fsp3) is 0.529. The highest BCUT2D eigenvalue weighted by atomic mass is 16.4. The Morgan fingerprint density at radius 2 is 1.86 bits per heavy atom. The van der Waals surface area contributed by atoms with Crippen molar-refractivity contribution in [3.63, 3.8) is 0 Å². The van der Waals surface area contributed by atoms with Gasteiger partial charge < -0.3 is 20.5 Å². The zero-order valence-electron chi connectivity index (χ0n) is 12.8. The number of amides is 1. The van der Waals surface area contributed by atoms with E-state index < -0.39 is 12.0 Å². The predicted molar refractivity (Wildman–Crippen MR) is 80.5 cm³/mol. The summed E-state index contributed by atoms with van der Waals surface area (Å²) >= 11 is 0. The molecule has 1 atom stereocenters. The summed E-state index contributed by atoms with van der Waals surface area (Å²) in [7, 11) is 0. The van der Waals surface area contributed by atoms with Crippen LogP contribution in [0.25, 0.3) is 0 Å². The number of carbonyl (C=O) groups excluding carboxylic acids is 2. The van der Waals surface area contributed by atoms with Gasteiger partial charge in [0, 0.05) is 11.6 Å². The van der Waals surface area contributed by atoms with Gasteiger partial charge >= 0.3 is 0 Å². The van der Waals surface area contributed by atoms with E-state index in [-0.39, 0.29) is 18.4 Å². The number of quaternary nitrogens is 1. The zero-order valence-corrected chi connectivity index (χ0v) is 12.8. The molecule has 1 amide bonds. The summed E-state index contributed by atoms with van der Waals surface area (Å²) < 4.78 is 0. The Kier molecular flexibility index (Phi) is 6.40. The van der Waals surface area contributed by atoms with Gasteiger partial charge in [-0.2, -0.15) is 0 Å². The first-order chi connectivity index (χ1) is 10.6. The summed E-state index contributed by atoms with van der Waals surface area (Å²) in [6, 6.07) is 8.97. The third-order valence-corrected chi connectivity index (χ3v) is 4.16. The van der Waals surface area contributed by atoms with Gasteiger partial charge in [0.05, 0.1) is 12.4 Å². The van der Waals surface area contributed by atoms with Crippen LogP contribution in [-0.4, -0.2) is 24.0 Å². The van der Waals surface area contributed by atoms with Crippen LogP contribution in [0, 0.1) is 0 Å². The van der Waals surface area contributed by atoms with E-state index in [4.69, 9.17) is 0 Å². The van der Waals surface area contributed by atoms with Crippen molar-refractivity contribution >= 4 is 11.9 Å². The smallest absolute Gasteiger partial charge is 0.226 e. The first kappa shape index (κ1) is 16.5. The van der Waals surface area contributed by atoms with Gasteiger partial charge in [0.2, 0.25) is 5.91 Å². The normalized spacial score (nSPS) is 16.9. The Labute approximate surface area is 131 Å². The largest absolute Gasteiger partial charge is 0.544 e. The van der Waals surface area contributed by atoms with E-state index in [1.807, 2.05) is 30.3 Å². The van der Waals surface area contributed by atoms with Crippen LogP contribution < -0.4 is 15.7 Å². The van der Waals surface area contributed by atoms with Gasteiger partial charge in [0.15, 0.2) is 0 Å². The number of hydrogen-bond acceptors (Lipinski definition) is 3. The lowest BCUT2D eigenvalue weighted by Gasteiger charge is -2.24. The average Bonchev–Trinajstić information content (AvgIpc) is 2.53. The fourth-order valence-corrected chi connectivity index (χ4v) is 2.89. The molecule has 0 radical (unpaired) electrons. The molecule has 1 aliphatic rings. The van der Waals surface area contributed by atoms with Gasteiger partial charge in [-0.25, -0.2) is 0 Å². The molecule has 1 aromatic rings.